The summed E-state index contributed by atoms with van der Waals surface area (Å²) in [4.78, 5) is 4.11. The van der Waals surface area contributed by atoms with E-state index < -0.39 is 6.10 Å². The Kier molecular flexibility index (Phi) is 3.71. The maximum Gasteiger partial charge on any atom is 0.140 e. The summed E-state index contributed by atoms with van der Waals surface area (Å²) < 4.78 is 0.796. The van der Waals surface area contributed by atoms with Crippen LogP contribution in [0.2, 0.25) is 0 Å². The summed E-state index contributed by atoms with van der Waals surface area (Å²) in [6.07, 6.45) is 1.14. The molecule has 0 aliphatic carbocycles. The van der Waals surface area contributed by atoms with Gasteiger partial charge in [-0.15, -0.1) is 0 Å². The van der Waals surface area contributed by atoms with Crippen LogP contribution >= 0.6 is 15.9 Å². The van der Waals surface area contributed by atoms with Crippen molar-refractivity contribution < 1.29 is 5.11 Å². The molecule has 0 saturated heterocycles. The topological polar surface area (TPSA) is 71.2 Å². The largest absolute Gasteiger partial charge is 0.397 e. The van der Waals surface area contributed by atoms with Crippen LogP contribution in [0.3, 0.4) is 0 Å². The Labute approximate surface area is 91.7 Å². The molecular formula is C9H14BrN3O. The average Bonchev–Trinajstić information content (AvgIpc) is 2.09. The molecule has 0 radical (unpaired) electrons. The predicted molar refractivity (Wildman–Crippen MR) is 61.1 cm³/mol. The van der Waals surface area contributed by atoms with Crippen molar-refractivity contribution in [2.75, 3.05) is 11.1 Å². The molecule has 14 heavy (non-hydrogen) atoms. The molecule has 1 heterocycles. The molecule has 0 amide bonds. The van der Waals surface area contributed by atoms with Gasteiger partial charge in [0, 0.05) is 0 Å². The van der Waals surface area contributed by atoms with Crippen LogP contribution in [0.1, 0.15) is 13.8 Å². The van der Waals surface area contributed by atoms with Gasteiger partial charge in [0.25, 0.3) is 0 Å². The number of aromatic nitrogens is 1. The van der Waals surface area contributed by atoms with Gasteiger partial charge in [-0.25, -0.2) is 4.98 Å². The highest BCUT2D eigenvalue weighted by Crippen LogP contribution is 2.22. The zero-order valence-electron chi connectivity index (χ0n) is 8.16. The second kappa shape index (κ2) is 4.61. The fourth-order valence-electron chi connectivity index (χ4n) is 0.895. The molecule has 4 nitrogen and oxygen atoms in total. The highest BCUT2D eigenvalue weighted by atomic mass is 79.9. The van der Waals surface area contributed by atoms with Crippen molar-refractivity contribution in [3.05, 3.63) is 16.7 Å². The van der Waals surface area contributed by atoms with E-state index in [9.17, 15) is 5.11 Å². The Balaban J connectivity index is 2.77. The molecule has 0 saturated carbocycles. The van der Waals surface area contributed by atoms with E-state index in [1.165, 1.54) is 0 Å². The number of rotatable bonds is 3. The van der Waals surface area contributed by atoms with Gasteiger partial charge in [0.15, 0.2) is 0 Å². The Morgan fingerprint density at radius 1 is 1.57 bits per heavy atom. The summed E-state index contributed by atoms with van der Waals surface area (Å²) in [6.45, 7) is 3.61. The molecule has 0 bridgehead atoms. The highest BCUT2D eigenvalue weighted by molar-refractivity contribution is 9.10. The number of hydrogen-bond donors (Lipinski definition) is 3. The lowest BCUT2D eigenvalue weighted by atomic mass is 10.2. The Morgan fingerprint density at radius 3 is 2.71 bits per heavy atom. The van der Waals surface area contributed by atoms with Crippen molar-refractivity contribution in [2.24, 2.45) is 0 Å². The lowest BCUT2D eigenvalue weighted by Crippen LogP contribution is -2.28. The Hall–Kier alpha value is -0.810. The number of anilines is 2. The SMILES string of the molecule is CC(O)C(C)Nc1ncc(N)cc1Br. The molecular weight excluding hydrogens is 246 g/mol. The first-order valence-electron chi connectivity index (χ1n) is 4.36. The summed E-state index contributed by atoms with van der Waals surface area (Å²) in [7, 11) is 0. The minimum Gasteiger partial charge on any atom is -0.397 e. The van der Waals surface area contributed by atoms with Crippen molar-refractivity contribution >= 4 is 27.4 Å². The molecule has 4 N–H and O–H groups in total. The van der Waals surface area contributed by atoms with Crippen molar-refractivity contribution in [1.82, 2.24) is 4.98 Å². The van der Waals surface area contributed by atoms with Crippen LogP contribution in [0.25, 0.3) is 0 Å². The van der Waals surface area contributed by atoms with Crippen LogP contribution in [-0.2, 0) is 0 Å². The second-order valence-electron chi connectivity index (χ2n) is 3.27. The van der Waals surface area contributed by atoms with Crippen molar-refractivity contribution in [1.29, 1.82) is 0 Å². The number of aliphatic hydroxyl groups excluding tert-OH is 1. The zero-order valence-corrected chi connectivity index (χ0v) is 9.75. The lowest BCUT2D eigenvalue weighted by Gasteiger charge is -2.17. The summed E-state index contributed by atoms with van der Waals surface area (Å²) in [5.41, 5.74) is 6.15. The van der Waals surface area contributed by atoms with E-state index >= 15 is 0 Å². The van der Waals surface area contributed by atoms with Gasteiger partial charge < -0.3 is 16.2 Å². The molecule has 2 unspecified atom stereocenters. The molecule has 0 aliphatic rings. The quantitative estimate of drug-likeness (QED) is 0.772. The second-order valence-corrected chi connectivity index (χ2v) is 4.13. The molecule has 0 aliphatic heterocycles. The lowest BCUT2D eigenvalue weighted by molar-refractivity contribution is 0.177. The van der Waals surface area contributed by atoms with E-state index in [4.69, 9.17) is 5.73 Å². The first-order chi connectivity index (χ1) is 6.50. The van der Waals surface area contributed by atoms with Gasteiger partial charge in [0.2, 0.25) is 0 Å². The predicted octanol–water partition coefficient (Wildman–Crippen LogP) is 1.61. The van der Waals surface area contributed by atoms with Crippen LogP contribution in [-0.4, -0.2) is 22.2 Å². The monoisotopic (exact) mass is 259 g/mol. The van der Waals surface area contributed by atoms with Gasteiger partial charge in [0.05, 0.1) is 28.5 Å². The fourth-order valence-corrected chi connectivity index (χ4v) is 1.38. The first kappa shape index (κ1) is 11.3. The first-order valence-corrected chi connectivity index (χ1v) is 5.15. The van der Waals surface area contributed by atoms with E-state index in [1.54, 1.807) is 19.2 Å². The third-order valence-corrected chi connectivity index (χ3v) is 2.55. The van der Waals surface area contributed by atoms with Gasteiger partial charge in [-0.1, -0.05) is 0 Å². The van der Waals surface area contributed by atoms with Crippen LogP contribution < -0.4 is 11.1 Å². The Morgan fingerprint density at radius 2 is 2.21 bits per heavy atom. The van der Waals surface area contributed by atoms with E-state index in [-0.39, 0.29) is 6.04 Å². The van der Waals surface area contributed by atoms with E-state index in [0.29, 0.717) is 11.5 Å². The van der Waals surface area contributed by atoms with Gasteiger partial charge in [-0.05, 0) is 35.8 Å². The fraction of sp³-hybridized carbons (Fsp3) is 0.444. The summed E-state index contributed by atoms with van der Waals surface area (Å²) >= 11 is 3.34. The van der Waals surface area contributed by atoms with E-state index in [2.05, 4.69) is 26.2 Å². The van der Waals surface area contributed by atoms with Gasteiger partial charge in [-0.3, -0.25) is 0 Å². The minimum absolute atomic E-state index is 0.0533. The van der Waals surface area contributed by atoms with Crippen molar-refractivity contribution in [2.45, 2.75) is 26.0 Å². The molecule has 2 atom stereocenters. The number of nitrogen functional groups attached to an aromatic ring is 1. The molecule has 0 aromatic carbocycles. The maximum atomic E-state index is 9.30. The van der Waals surface area contributed by atoms with Crippen molar-refractivity contribution in [3.63, 3.8) is 0 Å². The standard InChI is InChI=1S/C9H14BrN3O/c1-5(6(2)14)13-9-8(10)3-7(11)4-12-9/h3-6,14H,11H2,1-2H3,(H,12,13). The van der Waals surface area contributed by atoms with Crippen LogP contribution in [0.5, 0.6) is 0 Å². The van der Waals surface area contributed by atoms with Crippen LogP contribution in [0.4, 0.5) is 11.5 Å². The number of nitrogens with zero attached hydrogens (tertiary/aromatic N) is 1. The maximum absolute atomic E-state index is 9.30. The molecule has 5 heteroatoms. The van der Waals surface area contributed by atoms with Crippen LogP contribution in [0.15, 0.2) is 16.7 Å². The average molecular weight is 260 g/mol. The summed E-state index contributed by atoms with van der Waals surface area (Å²) in [6, 6.07) is 1.71. The van der Waals surface area contributed by atoms with Gasteiger partial charge >= 0.3 is 0 Å². The molecule has 0 spiro atoms. The number of aliphatic hydroxyl groups is 1. The third-order valence-electron chi connectivity index (χ3n) is 1.95. The molecule has 1 rings (SSSR count). The number of nitrogens with two attached hydrogens (primary N) is 1. The number of hydrogen-bond acceptors (Lipinski definition) is 4. The van der Waals surface area contributed by atoms with Crippen LogP contribution in [0, 0.1) is 0 Å². The van der Waals surface area contributed by atoms with E-state index in [1.807, 2.05) is 6.92 Å². The van der Waals surface area contributed by atoms with Gasteiger partial charge in [-0.2, -0.15) is 0 Å². The minimum atomic E-state index is -0.429. The number of nitrogens with one attached hydrogen (secondary N) is 1. The number of pyridine rings is 1. The molecule has 78 valence electrons. The van der Waals surface area contributed by atoms with Gasteiger partial charge in [0.1, 0.15) is 5.82 Å². The summed E-state index contributed by atoms with van der Waals surface area (Å²) in [5.74, 6) is 0.688. The van der Waals surface area contributed by atoms with Crippen molar-refractivity contribution in [3.8, 4) is 0 Å². The Bertz CT molecular complexity index is 317. The van der Waals surface area contributed by atoms with E-state index in [0.717, 1.165) is 4.47 Å². The molecule has 1 aromatic heterocycles. The third kappa shape index (κ3) is 2.85. The highest BCUT2D eigenvalue weighted by Gasteiger charge is 2.10. The molecule has 1 aromatic rings. The number of halogens is 1. The zero-order chi connectivity index (χ0) is 10.7. The molecule has 0 fully saturated rings. The smallest absolute Gasteiger partial charge is 0.140 e. The normalized spacial score (nSPS) is 14.9. The summed E-state index contributed by atoms with van der Waals surface area (Å²) in [5, 5.41) is 12.4.